The molecule has 1 unspecified atom stereocenters. The highest BCUT2D eigenvalue weighted by molar-refractivity contribution is 5.73. The Hall–Kier alpha value is -1.66. The number of nitrogens with one attached hydrogen (secondary N) is 2. The van der Waals surface area contributed by atoms with E-state index in [9.17, 15) is 14.3 Å². The number of likely N-dealkylation sites (N-methyl/N-ethyl adjacent to an activating group) is 1. The molecule has 0 fully saturated rings. The number of hydrogen-bond acceptors (Lipinski definition) is 3. The third-order valence-corrected chi connectivity index (χ3v) is 3.54. The molecular weight excluding hydrogens is 285 g/mol. The second-order valence-corrected chi connectivity index (χ2v) is 5.40. The molecule has 0 aliphatic carbocycles. The van der Waals surface area contributed by atoms with Crippen molar-refractivity contribution in [2.75, 3.05) is 26.2 Å². The lowest BCUT2D eigenvalue weighted by Crippen LogP contribution is -2.43. The van der Waals surface area contributed by atoms with Crippen molar-refractivity contribution in [3.8, 4) is 0 Å². The summed E-state index contributed by atoms with van der Waals surface area (Å²) in [5, 5.41) is 15.2. The molecule has 3 N–H and O–H groups in total. The first-order valence-electron chi connectivity index (χ1n) is 7.64. The minimum Gasteiger partial charge on any atom is -0.386 e. The summed E-state index contributed by atoms with van der Waals surface area (Å²) in [5.41, 5.74) is 0.180. The third-order valence-electron chi connectivity index (χ3n) is 3.54. The van der Waals surface area contributed by atoms with Crippen molar-refractivity contribution in [2.24, 2.45) is 0 Å². The smallest absolute Gasteiger partial charge is 0.314 e. The van der Waals surface area contributed by atoms with Crippen LogP contribution in [-0.4, -0.2) is 48.3 Å². The van der Waals surface area contributed by atoms with Crippen LogP contribution in [-0.2, 0) is 0 Å². The number of nitrogens with zero attached hydrogens (tertiary/aromatic N) is 1. The first-order chi connectivity index (χ1) is 10.5. The van der Waals surface area contributed by atoms with Crippen molar-refractivity contribution in [3.05, 3.63) is 35.6 Å². The molecule has 0 bridgehead atoms. The second kappa shape index (κ2) is 9.38. The van der Waals surface area contributed by atoms with Crippen molar-refractivity contribution >= 4 is 6.03 Å². The molecule has 0 saturated heterocycles. The zero-order valence-corrected chi connectivity index (χ0v) is 13.5. The van der Waals surface area contributed by atoms with Gasteiger partial charge in [-0.05, 0) is 26.5 Å². The van der Waals surface area contributed by atoms with Crippen LogP contribution in [0.4, 0.5) is 9.18 Å². The van der Waals surface area contributed by atoms with Crippen LogP contribution in [0.5, 0.6) is 0 Å². The van der Waals surface area contributed by atoms with Gasteiger partial charge in [-0.25, -0.2) is 9.18 Å². The van der Waals surface area contributed by atoms with E-state index in [2.05, 4.69) is 36.3 Å². The summed E-state index contributed by atoms with van der Waals surface area (Å²) in [6.07, 6.45) is -1.06. The number of aliphatic hydroxyl groups is 1. The maximum atomic E-state index is 13.5. The highest BCUT2D eigenvalue weighted by Crippen LogP contribution is 2.15. The molecule has 0 radical (unpaired) electrons. The van der Waals surface area contributed by atoms with Gasteiger partial charge >= 0.3 is 6.03 Å². The summed E-state index contributed by atoms with van der Waals surface area (Å²) in [6, 6.07) is 6.05. The number of rotatable bonds is 8. The van der Waals surface area contributed by atoms with E-state index in [4.69, 9.17) is 0 Å². The minimum atomic E-state index is -1.06. The van der Waals surface area contributed by atoms with Crippen LogP contribution in [0.2, 0.25) is 0 Å². The summed E-state index contributed by atoms with van der Waals surface area (Å²) in [6.45, 7) is 8.46. The summed E-state index contributed by atoms with van der Waals surface area (Å²) in [5.74, 6) is -0.479. The summed E-state index contributed by atoms with van der Waals surface area (Å²) in [7, 11) is 0. The summed E-state index contributed by atoms with van der Waals surface area (Å²) >= 11 is 0. The molecule has 1 aromatic carbocycles. The molecule has 0 heterocycles. The maximum Gasteiger partial charge on any atom is 0.314 e. The van der Waals surface area contributed by atoms with Gasteiger partial charge in [0.15, 0.2) is 0 Å². The van der Waals surface area contributed by atoms with E-state index in [-0.39, 0.29) is 18.1 Å². The van der Waals surface area contributed by atoms with Gasteiger partial charge in [-0.15, -0.1) is 0 Å². The Balaban J connectivity index is 2.30. The fraction of sp³-hybridized carbons (Fsp3) is 0.562. The van der Waals surface area contributed by atoms with E-state index in [1.807, 2.05) is 0 Å². The van der Waals surface area contributed by atoms with Gasteiger partial charge in [-0.1, -0.05) is 25.1 Å². The van der Waals surface area contributed by atoms with Crippen LogP contribution in [0.15, 0.2) is 24.3 Å². The largest absolute Gasteiger partial charge is 0.386 e. The highest BCUT2D eigenvalue weighted by Gasteiger charge is 2.13. The van der Waals surface area contributed by atoms with Crippen LogP contribution in [0.1, 0.15) is 32.4 Å². The van der Waals surface area contributed by atoms with Crippen LogP contribution < -0.4 is 10.6 Å². The van der Waals surface area contributed by atoms with Gasteiger partial charge in [-0.3, -0.25) is 4.90 Å². The van der Waals surface area contributed by atoms with E-state index < -0.39 is 11.9 Å². The SMILES string of the molecule is CCN(CCNC(=O)NCC(O)c1ccccc1F)C(C)C. The number of benzene rings is 1. The molecule has 1 atom stereocenters. The second-order valence-electron chi connectivity index (χ2n) is 5.40. The normalized spacial score (nSPS) is 12.5. The predicted molar refractivity (Wildman–Crippen MR) is 85.1 cm³/mol. The van der Waals surface area contributed by atoms with Crippen molar-refractivity contribution in [1.82, 2.24) is 15.5 Å². The third kappa shape index (κ3) is 5.99. The molecule has 6 heteroatoms. The van der Waals surface area contributed by atoms with E-state index in [1.165, 1.54) is 12.1 Å². The number of carbonyl (C=O) groups excluding carboxylic acids is 1. The van der Waals surface area contributed by atoms with Crippen LogP contribution in [0.3, 0.4) is 0 Å². The molecule has 0 aromatic heterocycles. The Morgan fingerprint density at radius 2 is 2.00 bits per heavy atom. The lowest BCUT2D eigenvalue weighted by atomic mass is 10.1. The lowest BCUT2D eigenvalue weighted by Gasteiger charge is -2.24. The van der Waals surface area contributed by atoms with E-state index in [1.54, 1.807) is 12.1 Å². The first kappa shape index (κ1) is 18.4. The zero-order valence-electron chi connectivity index (χ0n) is 13.5. The summed E-state index contributed by atoms with van der Waals surface area (Å²) in [4.78, 5) is 13.9. The number of aliphatic hydroxyl groups excluding tert-OH is 1. The van der Waals surface area contributed by atoms with Gasteiger partial charge in [0.25, 0.3) is 0 Å². The van der Waals surface area contributed by atoms with E-state index in [0.29, 0.717) is 12.6 Å². The highest BCUT2D eigenvalue weighted by atomic mass is 19.1. The van der Waals surface area contributed by atoms with Gasteiger partial charge in [0.05, 0.1) is 6.10 Å². The van der Waals surface area contributed by atoms with Crippen LogP contribution in [0.25, 0.3) is 0 Å². The quantitative estimate of drug-likeness (QED) is 0.687. The Morgan fingerprint density at radius 1 is 1.32 bits per heavy atom. The van der Waals surface area contributed by atoms with E-state index in [0.717, 1.165) is 13.1 Å². The molecule has 124 valence electrons. The molecule has 2 amide bonds. The number of hydrogen-bond donors (Lipinski definition) is 3. The molecule has 22 heavy (non-hydrogen) atoms. The number of urea groups is 1. The Labute approximate surface area is 131 Å². The van der Waals surface area contributed by atoms with Gasteiger partial charge < -0.3 is 15.7 Å². The van der Waals surface area contributed by atoms with Crippen molar-refractivity contribution in [1.29, 1.82) is 0 Å². The van der Waals surface area contributed by atoms with Gasteiger partial charge in [0.1, 0.15) is 5.82 Å². The molecule has 1 rings (SSSR count). The minimum absolute atomic E-state index is 0.0333. The number of halogens is 1. The molecule has 0 aliphatic rings. The maximum absolute atomic E-state index is 13.5. The van der Waals surface area contributed by atoms with Crippen molar-refractivity contribution in [2.45, 2.75) is 32.9 Å². The molecular formula is C16H26FN3O2. The van der Waals surface area contributed by atoms with Gasteiger partial charge in [0.2, 0.25) is 0 Å². The Kier molecular flexibility index (Phi) is 7.84. The molecule has 0 spiro atoms. The first-order valence-corrected chi connectivity index (χ1v) is 7.64. The Morgan fingerprint density at radius 3 is 2.59 bits per heavy atom. The van der Waals surface area contributed by atoms with Gasteiger partial charge in [0, 0.05) is 31.2 Å². The fourth-order valence-corrected chi connectivity index (χ4v) is 2.20. The Bertz CT molecular complexity index is 468. The van der Waals surface area contributed by atoms with Crippen LogP contribution in [0, 0.1) is 5.82 Å². The van der Waals surface area contributed by atoms with Crippen molar-refractivity contribution in [3.63, 3.8) is 0 Å². The zero-order chi connectivity index (χ0) is 16.5. The summed E-state index contributed by atoms with van der Waals surface area (Å²) < 4.78 is 13.5. The average Bonchev–Trinajstić information content (AvgIpc) is 2.49. The monoisotopic (exact) mass is 311 g/mol. The van der Waals surface area contributed by atoms with E-state index >= 15 is 0 Å². The lowest BCUT2D eigenvalue weighted by molar-refractivity contribution is 0.168. The number of carbonyl (C=O) groups is 1. The van der Waals surface area contributed by atoms with Crippen LogP contribution >= 0.6 is 0 Å². The molecule has 5 nitrogen and oxygen atoms in total. The molecule has 0 aliphatic heterocycles. The van der Waals surface area contributed by atoms with Crippen molar-refractivity contribution < 1.29 is 14.3 Å². The number of amides is 2. The standard InChI is InChI=1S/C16H26FN3O2/c1-4-20(12(2)3)10-9-18-16(22)19-11-15(21)13-7-5-6-8-14(13)17/h5-8,12,15,21H,4,9-11H2,1-3H3,(H2,18,19,22). The van der Waals surface area contributed by atoms with Gasteiger partial charge in [-0.2, -0.15) is 0 Å². The molecule has 0 saturated carbocycles. The fourth-order valence-electron chi connectivity index (χ4n) is 2.20. The average molecular weight is 311 g/mol. The topological polar surface area (TPSA) is 64.6 Å². The molecule has 1 aromatic rings. The predicted octanol–water partition coefficient (Wildman–Crippen LogP) is 1.89.